The maximum Gasteiger partial charge on any atom is 0.246 e. The Hall–Kier alpha value is -0.720. The zero-order valence-corrected chi connectivity index (χ0v) is 11.1. The molecule has 94 valence electrons. The van der Waals surface area contributed by atoms with E-state index < -0.39 is 10.0 Å². The van der Waals surface area contributed by atoms with Crippen LogP contribution in [-0.2, 0) is 10.0 Å². The van der Waals surface area contributed by atoms with Gasteiger partial charge in [-0.2, -0.15) is 4.31 Å². The Kier molecular flexibility index (Phi) is 3.65. The lowest BCUT2D eigenvalue weighted by molar-refractivity contribution is 0.411. The highest BCUT2D eigenvalue weighted by Gasteiger charge is 2.30. The second kappa shape index (κ2) is 4.88. The van der Waals surface area contributed by atoms with Crippen molar-refractivity contribution >= 4 is 21.6 Å². The molecule has 1 fully saturated rings. The third-order valence-electron chi connectivity index (χ3n) is 2.75. The first kappa shape index (κ1) is 12.7. The zero-order chi connectivity index (χ0) is 12.5. The molecule has 7 heteroatoms. The largest absolute Gasteiger partial charge is 0.246 e. The Morgan fingerprint density at radius 2 is 2.00 bits per heavy atom. The summed E-state index contributed by atoms with van der Waals surface area (Å²) in [5, 5.41) is 0.0502. The molecule has 0 atom stereocenters. The molecular formula is C10H14ClN3O2S. The molecule has 0 saturated heterocycles. The zero-order valence-electron chi connectivity index (χ0n) is 9.50. The van der Waals surface area contributed by atoms with Gasteiger partial charge in [0.05, 0.1) is 12.4 Å². The van der Waals surface area contributed by atoms with Gasteiger partial charge in [0, 0.05) is 13.1 Å². The van der Waals surface area contributed by atoms with Crippen molar-refractivity contribution in [2.75, 3.05) is 13.1 Å². The predicted octanol–water partition coefficient (Wildman–Crippen LogP) is 1.55. The Bertz CT molecular complexity index is 485. The van der Waals surface area contributed by atoms with Crippen LogP contribution >= 0.6 is 11.6 Å². The molecule has 5 nitrogen and oxygen atoms in total. The van der Waals surface area contributed by atoms with Crippen LogP contribution in [0, 0.1) is 5.92 Å². The fraction of sp³-hybridized carbons (Fsp3) is 0.600. The molecule has 1 heterocycles. The highest BCUT2D eigenvalue weighted by molar-refractivity contribution is 7.89. The number of aromatic nitrogens is 2. The van der Waals surface area contributed by atoms with E-state index in [-0.39, 0.29) is 10.2 Å². The minimum absolute atomic E-state index is 0.0502. The number of halogens is 1. The monoisotopic (exact) mass is 275 g/mol. The Morgan fingerprint density at radius 1 is 1.41 bits per heavy atom. The summed E-state index contributed by atoms with van der Waals surface area (Å²) in [5.41, 5.74) is 0. The second-order valence-corrected chi connectivity index (χ2v) is 6.36. The second-order valence-electron chi connectivity index (χ2n) is 4.09. The van der Waals surface area contributed by atoms with Crippen molar-refractivity contribution in [1.82, 2.24) is 14.3 Å². The van der Waals surface area contributed by atoms with Crippen LogP contribution in [0.1, 0.15) is 19.8 Å². The minimum Gasteiger partial charge on any atom is -0.225 e. The highest BCUT2D eigenvalue weighted by atomic mass is 35.5. The maximum atomic E-state index is 12.2. The van der Waals surface area contributed by atoms with E-state index in [0.717, 1.165) is 12.8 Å². The highest BCUT2D eigenvalue weighted by Crippen LogP contribution is 2.31. The van der Waals surface area contributed by atoms with Crippen molar-refractivity contribution in [1.29, 1.82) is 0 Å². The average Bonchev–Trinajstić information content (AvgIpc) is 3.10. The van der Waals surface area contributed by atoms with E-state index in [0.29, 0.717) is 19.0 Å². The summed E-state index contributed by atoms with van der Waals surface area (Å²) in [5.74, 6) is 0.512. The molecule has 1 aliphatic rings. The fourth-order valence-corrected chi connectivity index (χ4v) is 3.08. The van der Waals surface area contributed by atoms with E-state index in [2.05, 4.69) is 9.97 Å². The third kappa shape index (κ3) is 2.94. The molecular weight excluding hydrogens is 262 g/mol. The topological polar surface area (TPSA) is 63.2 Å². The lowest BCUT2D eigenvalue weighted by Crippen LogP contribution is -2.32. The van der Waals surface area contributed by atoms with Gasteiger partial charge in [-0.1, -0.05) is 6.92 Å². The summed E-state index contributed by atoms with van der Waals surface area (Å²) in [4.78, 5) is 7.51. The molecule has 2 rings (SSSR count). The van der Waals surface area contributed by atoms with Gasteiger partial charge in [-0.05, 0) is 30.4 Å². The van der Waals surface area contributed by atoms with Crippen molar-refractivity contribution in [2.45, 2.75) is 24.7 Å². The normalized spacial score (nSPS) is 16.4. The molecule has 0 unspecified atom stereocenters. The van der Waals surface area contributed by atoms with Gasteiger partial charge in [-0.15, -0.1) is 0 Å². The van der Waals surface area contributed by atoms with Crippen molar-refractivity contribution in [2.24, 2.45) is 5.92 Å². The number of hydrogen-bond donors (Lipinski definition) is 0. The van der Waals surface area contributed by atoms with Crippen molar-refractivity contribution < 1.29 is 8.42 Å². The summed E-state index contributed by atoms with van der Waals surface area (Å²) >= 11 is 5.54. The number of rotatable bonds is 5. The number of sulfonamides is 1. The van der Waals surface area contributed by atoms with Crippen LogP contribution in [0.4, 0.5) is 0 Å². The average molecular weight is 276 g/mol. The lowest BCUT2D eigenvalue weighted by atomic mass is 10.4. The first-order valence-electron chi connectivity index (χ1n) is 5.51. The SMILES string of the molecule is CCN(CC1CC1)S(=O)(=O)c1cnc(Cl)nc1. The van der Waals surface area contributed by atoms with Crippen LogP contribution in [0.3, 0.4) is 0 Å². The van der Waals surface area contributed by atoms with Gasteiger partial charge in [0.15, 0.2) is 0 Å². The summed E-state index contributed by atoms with van der Waals surface area (Å²) in [6, 6.07) is 0. The van der Waals surface area contributed by atoms with Crippen molar-refractivity contribution in [3.63, 3.8) is 0 Å². The lowest BCUT2D eigenvalue weighted by Gasteiger charge is -2.19. The molecule has 0 bridgehead atoms. The van der Waals surface area contributed by atoms with Gasteiger partial charge in [0.25, 0.3) is 0 Å². The predicted molar refractivity (Wildman–Crippen MR) is 64.2 cm³/mol. The standard InChI is InChI=1S/C10H14ClN3O2S/c1-2-14(7-8-3-4-8)17(15,16)9-5-12-10(11)13-6-9/h5-6,8H,2-4,7H2,1H3. The van der Waals surface area contributed by atoms with Crippen LogP contribution in [0.2, 0.25) is 5.28 Å². The molecule has 1 aliphatic carbocycles. The molecule has 17 heavy (non-hydrogen) atoms. The molecule has 1 aromatic heterocycles. The maximum absolute atomic E-state index is 12.2. The van der Waals surface area contributed by atoms with Gasteiger partial charge in [-0.25, -0.2) is 18.4 Å². The van der Waals surface area contributed by atoms with Gasteiger partial charge in [0.1, 0.15) is 4.90 Å². The minimum atomic E-state index is -3.47. The number of nitrogens with zero attached hydrogens (tertiary/aromatic N) is 3. The van der Waals surface area contributed by atoms with Gasteiger partial charge < -0.3 is 0 Å². The molecule has 0 radical (unpaired) electrons. The van der Waals surface area contributed by atoms with E-state index in [1.165, 1.54) is 16.7 Å². The molecule has 0 aliphatic heterocycles. The molecule has 1 aromatic rings. The van der Waals surface area contributed by atoms with E-state index >= 15 is 0 Å². The van der Waals surface area contributed by atoms with Crippen molar-refractivity contribution in [3.8, 4) is 0 Å². The smallest absolute Gasteiger partial charge is 0.225 e. The van der Waals surface area contributed by atoms with Crippen LogP contribution < -0.4 is 0 Å². The Morgan fingerprint density at radius 3 is 2.47 bits per heavy atom. The quantitative estimate of drug-likeness (QED) is 0.765. The summed E-state index contributed by atoms with van der Waals surface area (Å²) in [6.45, 7) is 2.87. The fourth-order valence-electron chi connectivity index (χ4n) is 1.57. The number of hydrogen-bond acceptors (Lipinski definition) is 4. The van der Waals surface area contributed by atoms with Crippen LogP contribution in [0.5, 0.6) is 0 Å². The van der Waals surface area contributed by atoms with E-state index in [9.17, 15) is 8.42 Å². The molecule has 0 aromatic carbocycles. The summed E-state index contributed by atoms with van der Waals surface area (Å²) in [7, 11) is -3.47. The van der Waals surface area contributed by atoms with Gasteiger partial charge >= 0.3 is 0 Å². The van der Waals surface area contributed by atoms with Crippen LogP contribution in [-0.4, -0.2) is 35.8 Å². The molecule has 0 amide bonds. The first-order chi connectivity index (χ1) is 8.04. The van der Waals surface area contributed by atoms with Gasteiger partial charge in [-0.3, -0.25) is 0 Å². The third-order valence-corrected chi connectivity index (χ3v) is 4.83. The summed E-state index contributed by atoms with van der Waals surface area (Å²) in [6.07, 6.45) is 4.73. The van der Waals surface area contributed by atoms with E-state index in [1.807, 2.05) is 6.92 Å². The van der Waals surface area contributed by atoms with E-state index in [1.54, 1.807) is 0 Å². The molecule has 0 spiro atoms. The van der Waals surface area contributed by atoms with E-state index in [4.69, 9.17) is 11.6 Å². The Balaban J connectivity index is 2.23. The van der Waals surface area contributed by atoms with Crippen LogP contribution in [0.25, 0.3) is 0 Å². The van der Waals surface area contributed by atoms with Gasteiger partial charge in [0.2, 0.25) is 15.3 Å². The molecule has 1 saturated carbocycles. The van der Waals surface area contributed by atoms with Crippen molar-refractivity contribution in [3.05, 3.63) is 17.7 Å². The summed E-state index contributed by atoms with van der Waals surface area (Å²) < 4.78 is 26.0. The first-order valence-corrected chi connectivity index (χ1v) is 7.33. The van der Waals surface area contributed by atoms with Crippen LogP contribution in [0.15, 0.2) is 17.3 Å². The Labute approximate surface area is 106 Å². The molecule has 0 N–H and O–H groups in total.